The number of nitrogens with zero attached hydrogens (tertiary/aromatic N) is 1. The van der Waals surface area contributed by atoms with E-state index in [0.717, 1.165) is 38.5 Å². The van der Waals surface area contributed by atoms with Crippen molar-refractivity contribution in [2.24, 2.45) is 0 Å². The number of piperazine rings is 1. The van der Waals surface area contributed by atoms with Crippen molar-refractivity contribution in [2.75, 3.05) is 19.6 Å². The fourth-order valence-electron chi connectivity index (χ4n) is 2.93. The predicted octanol–water partition coefficient (Wildman–Crippen LogP) is 2.93. The van der Waals surface area contributed by atoms with E-state index >= 15 is 0 Å². The zero-order valence-electron chi connectivity index (χ0n) is 11.7. The molecule has 19 heavy (non-hydrogen) atoms. The Morgan fingerprint density at radius 3 is 2.63 bits per heavy atom. The summed E-state index contributed by atoms with van der Waals surface area (Å²) >= 11 is 0. The molecule has 0 aromatic heterocycles. The molecule has 1 heterocycles. The van der Waals surface area contributed by atoms with Gasteiger partial charge in [0.2, 0.25) is 0 Å². The first-order valence-electron chi connectivity index (χ1n) is 7.01. The van der Waals surface area contributed by atoms with Crippen LogP contribution in [0.2, 0.25) is 0 Å². The van der Waals surface area contributed by atoms with Gasteiger partial charge in [0.05, 0.1) is 0 Å². The molecular weight excluding hydrogens is 246 g/mol. The number of rotatable bonds is 4. The molecule has 0 radical (unpaired) electrons. The molecule has 1 aromatic carbocycles. The number of hydrogen-bond donors (Lipinski definition) is 1. The van der Waals surface area contributed by atoms with E-state index in [-0.39, 0.29) is 5.54 Å². The van der Waals surface area contributed by atoms with E-state index in [0.29, 0.717) is 12.1 Å². The first-order valence-corrected chi connectivity index (χ1v) is 7.01. The first kappa shape index (κ1) is 14.4. The minimum Gasteiger partial charge on any atom is -0.314 e. The minimum absolute atomic E-state index is 0.0824. The molecule has 1 saturated heterocycles. The molecule has 0 amide bonds. The molecule has 0 spiro atoms. The molecule has 106 valence electrons. The molecule has 1 aliphatic heterocycles. The van der Waals surface area contributed by atoms with Gasteiger partial charge in [-0.1, -0.05) is 19.9 Å². The molecule has 1 aliphatic rings. The third-order valence-corrected chi connectivity index (χ3v) is 4.38. The minimum atomic E-state index is -0.515. The van der Waals surface area contributed by atoms with Gasteiger partial charge < -0.3 is 5.32 Å². The summed E-state index contributed by atoms with van der Waals surface area (Å²) in [5, 5.41) is 3.42. The Morgan fingerprint density at radius 1 is 1.26 bits per heavy atom. The lowest BCUT2D eigenvalue weighted by atomic mass is 9.88. The molecule has 0 aliphatic carbocycles. The van der Waals surface area contributed by atoms with Gasteiger partial charge in [0.15, 0.2) is 0 Å². The van der Waals surface area contributed by atoms with Crippen LogP contribution >= 0.6 is 0 Å². The van der Waals surface area contributed by atoms with E-state index in [4.69, 9.17) is 0 Å². The Hall–Kier alpha value is -1.00. The van der Waals surface area contributed by atoms with E-state index in [9.17, 15) is 8.78 Å². The van der Waals surface area contributed by atoms with E-state index in [2.05, 4.69) is 24.1 Å². The third-order valence-electron chi connectivity index (χ3n) is 4.38. The maximum absolute atomic E-state index is 13.8. The van der Waals surface area contributed by atoms with Crippen molar-refractivity contribution in [1.82, 2.24) is 10.2 Å². The summed E-state index contributed by atoms with van der Waals surface area (Å²) in [6.45, 7) is 7.65. The molecule has 1 fully saturated rings. The lowest BCUT2D eigenvalue weighted by Gasteiger charge is -2.47. The lowest BCUT2D eigenvalue weighted by molar-refractivity contribution is 0.0438. The van der Waals surface area contributed by atoms with Crippen LogP contribution in [0.3, 0.4) is 0 Å². The highest BCUT2D eigenvalue weighted by Gasteiger charge is 2.35. The fraction of sp³-hybridized carbons (Fsp3) is 0.600. The van der Waals surface area contributed by atoms with Crippen molar-refractivity contribution < 1.29 is 8.78 Å². The van der Waals surface area contributed by atoms with E-state index in [1.165, 1.54) is 6.07 Å². The summed E-state index contributed by atoms with van der Waals surface area (Å²) < 4.78 is 26.7. The van der Waals surface area contributed by atoms with Gasteiger partial charge in [0, 0.05) is 43.3 Å². The average molecular weight is 268 g/mol. The highest BCUT2D eigenvalue weighted by Crippen LogP contribution is 2.27. The van der Waals surface area contributed by atoms with Gasteiger partial charge in [0.25, 0.3) is 0 Å². The molecular formula is C15H22F2N2. The quantitative estimate of drug-likeness (QED) is 0.903. The normalized spacial score (nSPS) is 19.6. The van der Waals surface area contributed by atoms with Crippen LogP contribution in [0.4, 0.5) is 8.78 Å². The highest BCUT2D eigenvalue weighted by molar-refractivity contribution is 5.19. The third kappa shape index (κ3) is 2.95. The van der Waals surface area contributed by atoms with Gasteiger partial charge in [-0.3, -0.25) is 4.90 Å². The summed E-state index contributed by atoms with van der Waals surface area (Å²) in [7, 11) is 0. The number of hydrogen-bond acceptors (Lipinski definition) is 2. The zero-order chi connectivity index (χ0) is 13.9. The molecule has 2 rings (SSSR count). The Balaban J connectivity index is 2.19. The second-order valence-electron chi connectivity index (χ2n) is 5.27. The molecule has 1 N–H and O–H groups in total. The van der Waals surface area contributed by atoms with Crippen LogP contribution in [0.15, 0.2) is 18.2 Å². The van der Waals surface area contributed by atoms with Crippen LogP contribution in [0, 0.1) is 11.6 Å². The topological polar surface area (TPSA) is 15.3 Å². The Kier molecular flexibility index (Phi) is 4.53. The van der Waals surface area contributed by atoms with Crippen LogP contribution in [0.5, 0.6) is 0 Å². The zero-order valence-corrected chi connectivity index (χ0v) is 11.7. The Labute approximate surface area is 113 Å². The predicted molar refractivity (Wildman–Crippen MR) is 73.0 cm³/mol. The molecule has 0 bridgehead atoms. The lowest BCUT2D eigenvalue weighted by Crippen LogP contribution is -2.60. The van der Waals surface area contributed by atoms with Crippen LogP contribution in [0.1, 0.15) is 32.3 Å². The van der Waals surface area contributed by atoms with Crippen molar-refractivity contribution in [3.63, 3.8) is 0 Å². The Morgan fingerprint density at radius 2 is 2.00 bits per heavy atom. The largest absolute Gasteiger partial charge is 0.314 e. The maximum Gasteiger partial charge on any atom is 0.130 e. The van der Waals surface area contributed by atoms with Gasteiger partial charge >= 0.3 is 0 Å². The molecule has 0 saturated carbocycles. The second-order valence-corrected chi connectivity index (χ2v) is 5.27. The number of halogens is 2. The summed E-state index contributed by atoms with van der Waals surface area (Å²) in [5.74, 6) is -0.960. The van der Waals surface area contributed by atoms with Crippen molar-refractivity contribution in [3.8, 4) is 0 Å². The standard InChI is InChI=1S/C15H22F2N2/c1-3-15(4-2)11-18-7-8-19(15)10-12-5-6-13(16)9-14(12)17/h5-6,9,18H,3-4,7-8,10-11H2,1-2H3. The van der Waals surface area contributed by atoms with Gasteiger partial charge in [-0.05, 0) is 18.9 Å². The monoisotopic (exact) mass is 268 g/mol. The summed E-state index contributed by atoms with van der Waals surface area (Å²) in [6.07, 6.45) is 2.05. The van der Waals surface area contributed by atoms with Gasteiger partial charge in [-0.25, -0.2) is 8.78 Å². The molecule has 0 atom stereocenters. The van der Waals surface area contributed by atoms with Crippen LogP contribution in [-0.2, 0) is 6.54 Å². The highest BCUT2D eigenvalue weighted by atomic mass is 19.1. The summed E-state index contributed by atoms with van der Waals surface area (Å²) in [5.41, 5.74) is 0.661. The van der Waals surface area contributed by atoms with Crippen molar-refractivity contribution >= 4 is 0 Å². The maximum atomic E-state index is 13.8. The molecule has 4 heteroatoms. The van der Waals surface area contributed by atoms with E-state index < -0.39 is 11.6 Å². The van der Waals surface area contributed by atoms with Crippen LogP contribution < -0.4 is 5.32 Å². The van der Waals surface area contributed by atoms with Gasteiger partial charge in [-0.2, -0.15) is 0 Å². The summed E-state index contributed by atoms with van der Waals surface area (Å²) in [6, 6.07) is 3.86. The van der Waals surface area contributed by atoms with E-state index in [1.807, 2.05) is 0 Å². The van der Waals surface area contributed by atoms with Crippen molar-refractivity contribution in [2.45, 2.75) is 38.8 Å². The number of benzene rings is 1. The SMILES string of the molecule is CCC1(CC)CNCCN1Cc1ccc(F)cc1F. The molecule has 1 aromatic rings. The Bertz CT molecular complexity index is 430. The smallest absolute Gasteiger partial charge is 0.130 e. The van der Waals surface area contributed by atoms with Crippen LogP contribution in [0.25, 0.3) is 0 Å². The molecule has 0 unspecified atom stereocenters. The number of nitrogens with one attached hydrogen (secondary N) is 1. The van der Waals surface area contributed by atoms with Gasteiger partial charge in [-0.15, -0.1) is 0 Å². The second kappa shape index (κ2) is 5.97. The van der Waals surface area contributed by atoms with Crippen molar-refractivity contribution in [1.29, 1.82) is 0 Å². The van der Waals surface area contributed by atoms with Gasteiger partial charge in [0.1, 0.15) is 11.6 Å². The summed E-state index contributed by atoms with van der Waals surface area (Å²) in [4.78, 5) is 2.33. The van der Waals surface area contributed by atoms with Crippen molar-refractivity contribution in [3.05, 3.63) is 35.4 Å². The molecule has 2 nitrogen and oxygen atoms in total. The average Bonchev–Trinajstić information content (AvgIpc) is 2.42. The fourth-order valence-corrected chi connectivity index (χ4v) is 2.93. The first-order chi connectivity index (χ1) is 9.11. The van der Waals surface area contributed by atoms with E-state index in [1.54, 1.807) is 6.07 Å². The van der Waals surface area contributed by atoms with Crippen LogP contribution in [-0.4, -0.2) is 30.1 Å².